The Morgan fingerprint density at radius 3 is 2.64 bits per heavy atom. The van der Waals surface area contributed by atoms with Gasteiger partial charge in [-0.2, -0.15) is 10.2 Å². The van der Waals surface area contributed by atoms with Crippen LogP contribution in [0.2, 0.25) is 0 Å². The summed E-state index contributed by atoms with van der Waals surface area (Å²) < 4.78 is 44.2. The molecule has 0 radical (unpaired) electrons. The molecular weight excluding hydrogens is 345 g/mol. The van der Waals surface area contributed by atoms with Gasteiger partial charge in [0, 0.05) is 24.5 Å². The summed E-state index contributed by atoms with van der Waals surface area (Å²) in [7, 11) is -3.76. The van der Waals surface area contributed by atoms with E-state index in [4.69, 9.17) is 0 Å². The Balaban J connectivity index is 1.78. The van der Waals surface area contributed by atoms with Crippen LogP contribution in [0.1, 0.15) is 18.2 Å². The van der Waals surface area contributed by atoms with E-state index in [2.05, 4.69) is 14.9 Å². The second-order valence-electron chi connectivity index (χ2n) is 5.56. The highest BCUT2D eigenvalue weighted by Crippen LogP contribution is 2.18. The fourth-order valence-electron chi connectivity index (χ4n) is 2.44. The van der Waals surface area contributed by atoms with Crippen molar-refractivity contribution in [2.75, 3.05) is 4.72 Å². The zero-order chi connectivity index (χ0) is 18.0. The number of rotatable bonds is 6. The SMILES string of the molecule is CCn1cc(S(=O)(=O)Nc2cnn(Cc3ccccc3F)c2)c(C)n1. The van der Waals surface area contributed by atoms with Gasteiger partial charge in [-0.1, -0.05) is 18.2 Å². The van der Waals surface area contributed by atoms with Crippen LogP contribution in [0.15, 0.2) is 47.8 Å². The maximum Gasteiger partial charge on any atom is 0.265 e. The van der Waals surface area contributed by atoms with Crippen molar-refractivity contribution in [3.63, 3.8) is 0 Å². The Morgan fingerprint density at radius 2 is 1.96 bits per heavy atom. The average molecular weight is 363 g/mol. The lowest BCUT2D eigenvalue weighted by molar-refractivity contribution is 0.585. The third-order valence-electron chi connectivity index (χ3n) is 3.69. The molecule has 0 aliphatic rings. The molecule has 0 unspecified atom stereocenters. The van der Waals surface area contributed by atoms with E-state index in [1.165, 1.54) is 29.3 Å². The maximum atomic E-state index is 13.7. The lowest BCUT2D eigenvalue weighted by Gasteiger charge is -2.05. The fraction of sp³-hybridized carbons (Fsp3) is 0.250. The summed E-state index contributed by atoms with van der Waals surface area (Å²) in [5.41, 5.74) is 1.20. The van der Waals surface area contributed by atoms with Gasteiger partial charge in [0.15, 0.2) is 0 Å². The second kappa shape index (κ2) is 6.67. The van der Waals surface area contributed by atoms with Gasteiger partial charge in [-0.3, -0.25) is 14.1 Å². The summed E-state index contributed by atoms with van der Waals surface area (Å²) in [6.07, 6.45) is 4.39. The zero-order valence-corrected chi connectivity index (χ0v) is 14.7. The number of benzene rings is 1. The van der Waals surface area contributed by atoms with Crippen molar-refractivity contribution in [3.05, 3.63) is 59.9 Å². The fourth-order valence-corrected chi connectivity index (χ4v) is 3.66. The number of anilines is 1. The van der Waals surface area contributed by atoms with E-state index in [-0.39, 0.29) is 17.3 Å². The largest absolute Gasteiger partial charge is 0.276 e. The molecular formula is C16H18FN5O2S. The van der Waals surface area contributed by atoms with Crippen LogP contribution in [-0.2, 0) is 23.1 Å². The topological polar surface area (TPSA) is 81.8 Å². The molecule has 0 fully saturated rings. The van der Waals surface area contributed by atoms with Crippen LogP contribution in [0.4, 0.5) is 10.1 Å². The summed E-state index contributed by atoms with van der Waals surface area (Å²) in [5, 5.41) is 8.22. The molecule has 0 saturated carbocycles. The minimum atomic E-state index is -3.76. The molecule has 3 rings (SSSR count). The van der Waals surface area contributed by atoms with Crippen molar-refractivity contribution in [2.45, 2.75) is 31.8 Å². The number of nitrogens with zero attached hydrogens (tertiary/aromatic N) is 4. The molecule has 1 aromatic carbocycles. The van der Waals surface area contributed by atoms with Crippen LogP contribution in [0.3, 0.4) is 0 Å². The Labute approximate surface area is 145 Å². The van der Waals surface area contributed by atoms with Gasteiger partial charge in [0.1, 0.15) is 10.7 Å². The number of sulfonamides is 1. The summed E-state index contributed by atoms with van der Waals surface area (Å²) >= 11 is 0. The molecule has 0 atom stereocenters. The maximum absolute atomic E-state index is 13.7. The molecule has 2 aromatic heterocycles. The molecule has 0 aliphatic carbocycles. The number of halogens is 1. The molecule has 0 saturated heterocycles. The lowest BCUT2D eigenvalue weighted by Crippen LogP contribution is -2.13. The molecule has 7 nitrogen and oxygen atoms in total. The first-order valence-corrected chi connectivity index (χ1v) is 9.20. The van der Waals surface area contributed by atoms with Crippen LogP contribution in [0.5, 0.6) is 0 Å². The van der Waals surface area contributed by atoms with Crippen LogP contribution in [-0.4, -0.2) is 28.0 Å². The van der Waals surface area contributed by atoms with Gasteiger partial charge in [0.25, 0.3) is 10.0 Å². The highest BCUT2D eigenvalue weighted by atomic mass is 32.2. The van der Waals surface area contributed by atoms with Crippen molar-refractivity contribution >= 4 is 15.7 Å². The van der Waals surface area contributed by atoms with Gasteiger partial charge >= 0.3 is 0 Å². The predicted molar refractivity (Wildman–Crippen MR) is 91.2 cm³/mol. The van der Waals surface area contributed by atoms with Crippen LogP contribution in [0, 0.1) is 12.7 Å². The first-order valence-electron chi connectivity index (χ1n) is 7.72. The summed E-state index contributed by atoms with van der Waals surface area (Å²) in [5.74, 6) is -0.331. The molecule has 0 amide bonds. The van der Waals surface area contributed by atoms with Crippen LogP contribution in [0.25, 0.3) is 0 Å². The molecule has 0 aliphatic heterocycles. The summed E-state index contributed by atoms with van der Waals surface area (Å²) in [4.78, 5) is 0.121. The van der Waals surface area contributed by atoms with Crippen molar-refractivity contribution in [3.8, 4) is 0 Å². The Hall–Kier alpha value is -2.68. The van der Waals surface area contributed by atoms with Gasteiger partial charge in [-0.25, -0.2) is 12.8 Å². The minimum absolute atomic E-state index is 0.121. The second-order valence-corrected chi connectivity index (χ2v) is 7.21. The summed E-state index contributed by atoms with van der Waals surface area (Å²) in [6.45, 7) is 4.31. The number of nitrogens with one attached hydrogen (secondary N) is 1. The lowest BCUT2D eigenvalue weighted by atomic mass is 10.2. The van der Waals surface area contributed by atoms with Crippen molar-refractivity contribution in [1.82, 2.24) is 19.6 Å². The number of hydrogen-bond donors (Lipinski definition) is 1. The molecule has 25 heavy (non-hydrogen) atoms. The van der Waals surface area contributed by atoms with Crippen molar-refractivity contribution in [1.29, 1.82) is 0 Å². The highest BCUT2D eigenvalue weighted by Gasteiger charge is 2.21. The molecule has 1 N–H and O–H groups in total. The van der Waals surface area contributed by atoms with Gasteiger partial charge in [0.05, 0.1) is 24.1 Å². The van der Waals surface area contributed by atoms with Gasteiger partial charge in [0.2, 0.25) is 0 Å². The molecule has 2 heterocycles. The van der Waals surface area contributed by atoms with Crippen LogP contribution < -0.4 is 4.72 Å². The van der Waals surface area contributed by atoms with E-state index in [0.29, 0.717) is 23.5 Å². The molecule has 0 bridgehead atoms. The quantitative estimate of drug-likeness (QED) is 0.729. The third-order valence-corrected chi connectivity index (χ3v) is 5.17. The first kappa shape index (κ1) is 17.2. The van der Waals surface area contributed by atoms with E-state index < -0.39 is 10.0 Å². The zero-order valence-electron chi connectivity index (χ0n) is 13.8. The monoisotopic (exact) mass is 363 g/mol. The third kappa shape index (κ3) is 3.71. The Bertz CT molecular complexity index is 994. The van der Waals surface area contributed by atoms with Crippen LogP contribution >= 0.6 is 0 Å². The van der Waals surface area contributed by atoms with E-state index in [0.717, 1.165) is 0 Å². The predicted octanol–water partition coefficient (Wildman–Crippen LogP) is 2.40. The molecule has 3 aromatic rings. The summed E-state index contributed by atoms with van der Waals surface area (Å²) in [6, 6.07) is 6.37. The minimum Gasteiger partial charge on any atom is -0.276 e. The number of aryl methyl sites for hydroxylation is 2. The smallest absolute Gasteiger partial charge is 0.265 e. The van der Waals surface area contributed by atoms with Gasteiger partial charge in [-0.05, 0) is 19.9 Å². The number of hydrogen-bond acceptors (Lipinski definition) is 4. The molecule has 0 spiro atoms. The van der Waals surface area contributed by atoms with Gasteiger partial charge in [-0.15, -0.1) is 0 Å². The van der Waals surface area contributed by atoms with E-state index in [1.54, 1.807) is 29.8 Å². The van der Waals surface area contributed by atoms with Crippen molar-refractivity contribution in [2.24, 2.45) is 0 Å². The Morgan fingerprint density at radius 1 is 1.20 bits per heavy atom. The van der Waals surface area contributed by atoms with E-state index in [1.807, 2.05) is 6.92 Å². The normalized spacial score (nSPS) is 11.6. The molecule has 9 heteroatoms. The van der Waals surface area contributed by atoms with E-state index in [9.17, 15) is 12.8 Å². The number of aromatic nitrogens is 4. The first-order chi connectivity index (χ1) is 11.9. The molecule has 132 valence electrons. The van der Waals surface area contributed by atoms with E-state index >= 15 is 0 Å². The standard InChI is InChI=1S/C16H18FN5O2S/c1-3-21-11-16(12(2)19-21)25(23,24)20-14-8-18-22(10-14)9-13-6-4-5-7-15(13)17/h4-8,10-11,20H,3,9H2,1-2H3. The van der Waals surface area contributed by atoms with Gasteiger partial charge < -0.3 is 0 Å². The average Bonchev–Trinajstić information content (AvgIpc) is 3.16. The highest BCUT2D eigenvalue weighted by molar-refractivity contribution is 7.92. The van der Waals surface area contributed by atoms with Crippen molar-refractivity contribution < 1.29 is 12.8 Å². The Kier molecular flexibility index (Phi) is 4.58.